The number of halogens is 1. The zero-order valence-corrected chi connectivity index (χ0v) is 18.1. The lowest BCUT2D eigenvalue weighted by Crippen LogP contribution is -2.29. The summed E-state index contributed by atoms with van der Waals surface area (Å²) < 4.78 is 1.41. The zero-order valence-electron chi connectivity index (χ0n) is 14.9. The predicted molar refractivity (Wildman–Crippen MR) is 115 cm³/mol. The Balaban J connectivity index is 2.01. The number of benzene rings is 1. The summed E-state index contributed by atoms with van der Waals surface area (Å²) in [5, 5.41) is 0. The number of carbonyl (C=O) groups is 2. The van der Waals surface area contributed by atoms with Crippen molar-refractivity contribution in [1.29, 1.82) is 0 Å². The van der Waals surface area contributed by atoms with Crippen LogP contribution in [0.3, 0.4) is 0 Å². The standard InChI is InChI=1S/C19H21BrN2O2S2/c1-3-5-6-7-10-22-14-9-8-12(20)11-13(14)15(17(22)23)16-18(24)21(4-2)19(25)26-16/h8-9,11H,3-7,10H2,1-2H3/b16-15-. The maximum absolute atomic E-state index is 13.2. The van der Waals surface area contributed by atoms with Crippen LogP contribution in [-0.4, -0.2) is 34.1 Å². The molecule has 2 amide bonds. The molecule has 0 spiro atoms. The first-order valence-electron chi connectivity index (χ1n) is 8.89. The molecule has 4 nitrogen and oxygen atoms in total. The summed E-state index contributed by atoms with van der Waals surface area (Å²) in [7, 11) is 0. The van der Waals surface area contributed by atoms with E-state index in [-0.39, 0.29) is 11.8 Å². The highest BCUT2D eigenvalue weighted by molar-refractivity contribution is 9.10. The first kappa shape index (κ1) is 19.6. The van der Waals surface area contributed by atoms with Gasteiger partial charge in [-0.2, -0.15) is 0 Å². The van der Waals surface area contributed by atoms with Gasteiger partial charge >= 0.3 is 0 Å². The minimum atomic E-state index is -0.162. The molecule has 1 saturated heterocycles. The lowest BCUT2D eigenvalue weighted by atomic mass is 10.1. The third kappa shape index (κ3) is 3.49. The van der Waals surface area contributed by atoms with E-state index in [9.17, 15) is 9.59 Å². The number of thioether (sulfide) groups is 1. The normalized spacial score (nSPS) is 19.7. The van der Waals surface area contributed by atoms with Crippen molar-refractivity contribution < 1.29 is 9.59 Å². The van der Waals surface area contributed by atoms with Gasteiger partial charge < -0.3 is 4.90 Å². The van der Waals surface area contributed by atoms with Crippen molar-refractivity contribution >= 4 is 67.3 Å². The van der Waals surface area contributed by atoms with Crippen molar-refractivity contribution in [2.75, 3.05) is 18.0 Å². The quantitative estimate of drug-likeness (QED) is 0.347. The van der Waals surface area contributed by atoms with Gasteiger partial charge in [-0.05, 0) is 31.5 Å². The highest BCUT2D eigenvalue weighted by atomic mass is 79.9. The summed E-state index contributed by atoms with van der Waals surface area (Å²) in [5.41, 5.74) is 2.19. The van der Waals surface area contributed by atoms with Crippen LogP contribution in [0.25, 0.3) is 5.57 Å². The number of hydrogen-bond donors (Lipinski definition) is 0. The lowest BCUT2D eigenvalue weighted by Gasteiger charge is -2.17. The molecular weight excluding hydrogens is 432 g/mol. The topological polar surface area (TPSA) is 40.6 Å². The van der Waals surface area contributed by atoms with E-state index in [0.717, 1.165) is 41.4 Å². The van der Waals surface area contributed by atoms with Crippen molar-refractivity contribution in [2.45, 2.75) is 39.5 Å². The summed E-state index contributed by atoms with van der Waals surface area (Å²) in [4.78, 5) is 29.8. The maximum Gasteiger partial charge on any atom is 0.266 e. The molecule has 2 aliphatic heterocycles. The molecule has 1 aromatic rings. The molecule has 1 aromatic carbocycles. The molecule has 138 valence electrons. The third-order valence-corrected chi connectivity index (χ3v) is 6.55. The fourth-order valence-corrected chi connectivity index (χ4v) is 5.08. The number of nitrogens with zero attached hydrogens (tertiary/aromatic N) is 2. The monoisotopic (exact) mass is 452 g/mol. The van der Waals surface area contributed by atoms with Crippen LogP contribution < -0.4 is 4.90 Å². The number of unbranched alkanes of at least 4 members (excludes halogenated alkanes) is 3. The number of hydrogen-bond acceptors (Lipinski definition) is 4. The Hall–Kier alpha value is -1.18. The van der Waals surface area contributed by atoms with Gasteiger partial charge in [0, 0.05) is 23.1 Å². The van der Waals surface area contributed by atoms with Gasteiger partial charge in [0.05, 0.1) is 16.2 Å². The van der Waals surface area contributed by atoms with Gasteiger partial charge in [0.15, 0.2) is 0 Å². The minimum absolute atomic E-state index is 0.0915. The van der Waals surface area contributed by atoms with Gasteiger partial charge in [-0.3, -0.25) is 14.5 Å². The summed E-state index contributed by atoms with van der Waals surface area (Å²) in [6.45, 7) is 5.24. The maximum atomic E-state index is 13.2. The Bertz CT molecular complexity index is 807. The van der Waals surface area contributed by atoms with Crippen LogP contribution in [0.1, 0.15) is 45.1 Å². The van der Waals surface area contributed by atoms with E-state index in [2.05, 4.69) is 22.9 Å². The SMILES string of the molecule is CCCCCCN1C(=O)/C(=C2\SC(=S)N(CC)C2=O)c2cc(Br)ccc21. The van der Waals surface area contributed by atoms with Gasteiger partial charge in [0.25, 0.3) is 11.8 Å². The van der Waals surface area contributed by atoms with Gasteiger partial charge in [0.2, 0.25) is 0 Å². The molecule has 0 aliphatic carbocycles. The van der Waals surface area contributed by atoms with E-state index in [1.807, 2.05) is 30.0 Å². The van der Waals surface area contributed by atoms with Crippen molar-refractivity contribution in [1.82, 2.24) is 4.90 Å². The molecule has 1 fully saturated rings. The highest BCUT2D eigenvalue weighted by Gasteiger charge is 2.41. The number of thiocarbonyl (C=S) groups is 1. The Morgan fingerprint density at radius 3 is 2.50 bits per heavy atom. The second-order valence-corrected chi connectivity index (χ2v) is 8.86. The molecule has 0 N–H and O–H groups in total. The van der Waals surface area contributed by atoms with Crippen LogP contribution in [0.15, 0.2) is 27.6 Å². The highest BCUT2D eigenvalue weighted by Crippen LogP contribution is 2.45. The van der Waals surface area contributed by atoms with E-state index in [1.54, 1.807) is 4.90 Å². The molecule has 7 heteroatoms. The summed E-state index contributed by atoms with van der Waals surface area (Å²) in [5.74, 6) is -0.254. The van der Waals surface area contributed by atoms with Crippen molar-refractivity contribution in [3.05, 3.63) is 33.1 Å². The molecule has 2 heterocycles. The number of likely N-dealkylation sites (N-methyl/N-ethyl adjacent to an activating group) is 1. The molecule has 0 atom stereocenters. The van der Waals surface area contributed by atoms with Crippen molar-refractivity contribution in [3.8, 4) is 0 Å². The zero-order chi connectivity index (χ0) is 18.8. The fourth-order valence-electron chi connectivity index (χ4n) is 3.26. The number of fused-ring (bicyclic) bond motifs is 1. The Labute approximate surface area is 172 Å². The van der Waals surface area contributed by atoms with Gasteiger partial charge in [-0.25, -0.2) is 0 Å². The number of carbonyl (C=O) groups excluding carboxylic acids is 2. The molecule has 3 rings (SSSR count). The van der Waals surface area contributed by atoms with Crippen LogP contribution >= 0.6 is 39.9 Å². The molecule has 0 saturated carbocycles. The Morgan fingerprint density at radius 2 is 1.85 bits per heavy atom. The molecule has 0 aromatic heterocycles. The number of rotatable bonds is 6. The molecule has 26 heavy (non-hydrogen) atoms. The van der Waals surface area contributed by atoms with Crippen LogP contribution in [0.2, 0.25) is 0 Å². The van der Waals surface area contributed by atoms with E-state index in [1.165, 1.54) is 11.8 Å². The average Bonchev–Trinajstić information content (AvgIpc) is 3.04. The summed E-state index contributed by atoms with van der Waals surface area (Å²) in [6.07, 6.45) is 4.37. The van der Waals surface area contributed by atoms with E-state index >= 15 is 0 Å². The van der Waals surface area contributed by atoms with E-state index in [0.29, 0.717) is 27.9 Å². The molecule has 0 unspecified atom stereocenters. The van der Waals surface area contributed by atoms with Crippen LogP contribution in [-0.2, 0) is 9.59 Å². The van der Waals surface area contributed by atoms with E-state index < -0.39 is 0 Å². The fraction of sp³-hybridized carbons (Fsp3) is 0.421. The lowest BCUT2D eigenvalue weighted by molar-refractivity contribution is -0.122. The largest absolute Gasteiger partial charge is 0.308 e. The second-order valence-electron chi connectivity index (χ2n) is 6.30. The first-order chi connectivity index (χ1) is 12.5. The van der Waals surface area contributed by atoms with Crippen LogP contribution in [0.4, 0.5) is 5.69 Å². The molecule has 2 aliphatic rings. The first-order valence-corrected chi connectivity index (χ1v) is 10.9. The Morgan fingerprint density at radius 1 is 1.08 bits per heavy atom. The molecule has 0 bridgehead atoms. The van der Waals surface area contributed by atoms with E-state index in [4.69, 9.17) is 12.2 Å². The van der Waals surface area contributed by atoms with Gasteiger partial charge in [-0.1, -0.05) is 66.1 Å². The predicted octanol–water partition coefficient (Wildman–Crippen LogP) is 4.97. The van der Waals surface area contributed by atoms with Gasteiger partial charge in [-0.15, -0.1) is 0 Å². The van der Waals surface area contributed by atoms with Crippen LogP contribution in [0, 0.1) is 0 Å². The molecular formula is C19H21BrN2O2S2. The number of amides is 2. The minimum Gasteiger partial charge on any atom is -0.308 e. The van der Waals surface area contributed by atoms with Crippen LogP contribution in [0.5, 0.6) is 0 Å². The van der Waals surface area contributed by atoms with Gasteiger partial charge in [0.1, 0.15) is 4.32 Å². The summed E-state index contributed by atoms with van der Waals surface area (Å²) in [6, 6.07) is 5.81. The third-order valence-electron chi connectivity index (χ3n) is 4.61. The van der Waals surface area contributed by atoms with Crippen molar-refractivity contribution in [3.63, 3.8) is 0 Å². The smallest absolute Gasteiger partial charge is 0.266 e. The molecule has 0 radical (unpaired) electrons. The number of anilines is 1. The second kappa shape index (κ2) is 8.23. The Kier molecular flexibility index (Phi) is 6.20. The average molecular weight is 453 g/mol. The van der Waals surface area contributed by atoms with Crippen molar-refractivity contribution in [2.24, 2.45) is 0 Å². The summed E-state index contributed by atoms with van der Waals surface area (Å²) >= 11 is 10.0.